The first-order valence-corrected chi connectivity index (χ1v) is 10.3. The third-order valence-electron chi connectivity index (χ3n) is 4.74. The summed E-state index contributed by atoms with van der Waals surface area (Å²) in [7, 11) is 0. The van der Waals surface area contributed by atoms with Crippen molar-refractivity contribution >= 4 is 23.0 Å². The van der Waals surface area contributed by atoms with Gasteiger partial charge in [-0.1, -0.05) is 12.1 Å². The van der Waals surface area contributed by atoms with Gasteiger partial charge in [-0.15, -0.1) is 20.5 Å². The molecule has 5 aromatic rings. The lowest BCUT2D eigenvalue weighted by molar-refractivity contribution is 0.597. The molecule has 0 aliphatic carbocycles. The maximum atomic E-state index is 6.07. The van der Waals surface area contributed by atoms with E-state index in [0.29, 0.717) is 11.6 Å². The average molecular weight is 430 g/mol. The van der Waals surface area contributed by atoms with Gasteiger partial charge in [-0.25, -0.2) is 9.97 Å². The Morgan fingerprint density at radius 1 is 0.455 bits per heavy atom. The molecule has 0 fully saturated rings. The molecule has 0 saturated carbocycles. The molecule has 2 aromatic carbocycles. The third-order valence-corrected chi connectivity index (χ3v) is 4.74. The van der Waals surface area contributed by atoms with Gasteiger partial charge in [0, 0.05) is 23.5 Å². The fraction of sp³-hybridized carbons (Fsp3) is 0. The zero-order valence-corrected chi connectivity index (χ0v) is 17.5. The number of rotatable bonds is 6. The van der Waals surface area contributed by atoms with Crippen molar-refractivity contribution in [2.45, 2.75) is 0 Å². The summed E-state index contributed by atoms with van der Waals surface area (Å²) in [4.78, 5) is 8.26. The van der Waals surface area contributed by atoms with Gasteiger partial charge < -0.3 is 4.42 Å². The Morgan fingerprint density at radius 2 is 0.909 bits per heavy atom. The number of hydrogen-bond donors (Lipinski definition) is 0. The number of hydrogen-bond acceptors (Lipinski definition) is 7. The van der Waals surface area contributed by atoms with Crippen molar-refractivity contribution in [3.05, 3.63) is 109 Å². The summed E-state index contributed by atoms with van der Waals surface area (Å²) < 4.78 is 6.07. The lowest BCUT2D eigenvalue weighted by Crippen LogP contribution is -1.74. The molecule has 0 aliphatic rings. The van der Waals surface area contributed by atoms with E-state index in [2.05, 4.69) is 30.4 Å². The van der Waals surface area contributed by atoms with Gasteiger partial charge in [0.25, 0.3) is 0 Å². The van der Waals surface area contributed by atoms with Crippen LogP contribution >= 0.6 is 0 Å². The fourth-order valence-electron chi connectivity index (χ4n) is 3.08. The summed E-state index contributed by atoms with van der Waals surface area (Å²) in [5.41, 5.74) is 3.40. The van der Waals surface area contributed by atoms with Gasteiger partial charge in [-0.2, -0.15) is 0 Å². The molecule has 158 valence electrons. The van der Waals surface area contributed by atoms with Crippen LogP contribution in [0.2, 0.25) is 0 Å². The molecule has 0 unspecified atom stereocenters. The Morgan fingerprint density at radius 3 is 1.30 bits per heavy atom. The van der Waals surface area contributed by atoms with Crippen molar-refractivity contribution in [2.75, 3.05) is 0 Å². The molecule has 0 amide bonds. The van der Waals surface area contributed by atoms with Gasteiger partial charge in [0.2, 0.25) is 0 Å². The van der Waals surface area contributed by atoms with E-state index >= 15 is 0 Å². The Kier molecular flexibility index (Phi) is 5.84. The van der Waals surface area contributed by atoms with Crippen molar-refractivity contribution < 1.29 is 4.42 Å². The highest BCUT2D eigenvalue weighted by Crippen LogP contribution is 2.31. The lowest BCUT2D eigenvalue weighted by atomic mass is 10.1. The highest BCUT2D eigenvalue weighted by molar-refractivity contribution is 5.66. The van der Waals surface area contributed by atoms with E-state index in [9.17, 15) is 0 Å². The van der Waals surface area contributed by atoms with Gasteiger partial charge in [0.05, 0.1) is 11.4 Å². The third kappa shape index (κ3) is 5.11. The summed E-state index contributed by atoms with van der Waals surface area (Å²) in [6.07, 6.45) is 3.37. The van der Waals surface area contributed by atoms with Crippen LogP contribution in [0.4, 0.5) is 23.0 Å². The van der Waals surface area contributed by atoms with Crippen molar-refractivity contribution in [3.63, 3.8) is 0 Å². The fourth-order valence-corrected chi connectivity index (χ4v) is 3.08. The summed E-state index contributed by atoms with van der Waals surface area (Å²) >= 11 is 0. The molecule has 3 aromatic heterocycles. The van der Waals surface area contributed by atoms with Crippen LogP contribution in [0.3, 0.4) is 0 Å². The summed E-state index contributed by atoms with van der Waals surface area (Å²) in [6.45, 7) is 0. The minimum atomic E-state index is 0.571. The van der Waals surface area contributed by atoms with E-state index < -0.39 is 0 Å². The molecule has 33 heavy (non-hydrogen) atoms. The van der Waals surface area contributed by atoms with Gasteiger partial charge in [0.15, 0.2) is 11.6 Å². The molecule has 0 spiro atoms. The predicted octanol–water partition coefficient (Wildman–Crippen LogP) is 8.23. The normalized spacial score (nSPS) is 11.4. The molecular formula is C26H18N6O. The van der Waals surface area contributed by atoms with Crippen LogP contribution in [0.1, 0.15) is 0 Å². The second-order valence-electron chi connectivity index (χ2n) is 7.03. The van der Waals surface area contributed by atoms with Crippen LogP contribution < -0.4 is 0 Å². The standard InChI is InChI=1S/C26H18N6O/c1-3-17-27-25(5-1)31-29-21-11-7-19(8-12-21)23-15-16-24(33-23)20-9-13-22(14-10-20)30-32-26-6-2-4-18-28-26/h1-18H/b31-29+,32-30+. The summed E-state index contributed by atoms with van der Waals surface area (Å²) in [5, 5.41) is 16.7. The van der Waals surface area contributed by atoms with Crippen LogP contribution in [0.25, 0.3) is 22.6 Å². The highest BCUT2D eigenvalue weighted by atomic mass is 16.3. The molecule has 0 N–H and O–H groups in total. The number of nitrogens with zero attached hydrogens (tertiary/aromatic N) is 6. The highest BCUT2D eigenvalue weighted by Gasteiger charge is 2.07. The van der Waals surface area contributed by atoms with Crippen molar-refractivity contribution in [2.24, 2.45) is 20.5 Å². The molecular weight excluding hydrogens is 412 g/mol. The Hall–Kier alpha value is -4.78. The summed E-state index contributed by atoms with van der Waals surface area (Å²) in [6, 6.07) is 30.3. The number of pyridine rings is 2. The van der Waals surface area contributed by atoms with E-state index in [1.54, 1.807) is 24.5 Å². The topological polar surface area (TPSA) is 88.4 Å². The molecule has 5 rings (SSSR count). The van der Waals surface area contributed by atoms with Crippen molar-refractivity contribution in [3.8, 4) is 22.6 Å². The first-order valence-electron chi connectivity index (χ1n) is 10.3. The molecule has 7 heteroatoms. The predicted molar refractivity (Wildman–Crippen MR) is 126 cm³/mol. The lowest BCUT2D eigenvalue weighted by Gasteiger charge is -2.00. The van der Waals surface area contributed by atoms with Crippen molar-refractivity contribution in [1.29, 1.82) is 0 Å². The van der Waals surface area contributed by atoms with Gasteiger partial charge in [-0.3, -0.25) is 0 Å². The number of azo groups is 2. The smallest absolute Gasteiger partial charge is 0.174 e. The largest absolute Gasteiger partial charge is 0.456 e. The van der Waals surface area contributed by atoms with E-state index in [0.717, 1.165) is 34.0 Å². The van der Waals surface area contributed by atoms with E-state index in [-0.39, 0.29) is 0 Å². The van der Waals surface area contributed by atoms with E-state index in [1.165, 1.54) is 0 Å². The second-order valence-corrected chi connectivity index (χ2v) is 7.03. The Bertz CT molecular complexity index is 1270. The average Bonchev–Trinajstić information content (AvgIpc) is 3.38. The molecule has 0 radical (unpaired) electrons. The van der Waals surface area contributed by atoms with Crippen LogP contribution in [0.15, 0.2) is 134 Å². The minimum absolute atomic E-state index is 0.571. The SMILES string of the molecule is c1ccc(/N=N/c2ccc(-c3ccc(-c4ccc(/N=N/c5ccccn5)cc4)o3)cc2)nc1. The van der Waals surface area contributed by atoms with Gasteiger partial charge >= 0.3 is 0 Å². The minimum Gasteiger partial charge on any atom is -0.456 e. The molecule has 0 saturated heterocycles. The molecule has 0 aliphatic heterocycles. The quantitative estimate of drug-likeness (QED) is 0.254. The maximum absolute atomic E-state index is 6.07. The maximum Gasteiger partial charge on any atom is 0.174 e. The van der Waals surface area contributed by atoms with Gasteiger partial charge in [0.1, 0.15) is 11.5 Å². The van der Waals surface area contributed by atoms with Crippen LogP contribution in [-0.2, 0) is 0 Å². The van der Waals surface area contributed by atoms with E-state index in [1.807, 2.05) is 84.9 Å². The Balaban J connectivity index is 1.27. The molecule has 7 nitrogen and oxygen atoms in total. The van der Waals surface area contributed by atoms with Crippen molar-refractivity contribution in [1.82, 2.24) is 9.97 Å². The summed E-state index contributed by atoms with van der Waals surface area (Å²) in [5.74, 6) is 2.69. The van der Waals surface area contributed by atoms with Crippen LogP contribution in [-0.4, -0.2) is 9.97 Å². The zero-order valence-electron chi connectivity index (χ0n) is 17.5. The first kappa shape index (κ1) is 20.1. The van der Waals surface area contributed by atoms with Crippen LogP contribution in [0.5, 0.6) is 0 Å². The molecule has 3 heterocycles. The first-order chi connectivity index (χ1) is 16.3. The molecule has 0 bridgehead atoms. The number of aromatic nitrogens is 2. The van der Waals surface area contributed by atoms with Crippen LogP contribution in [0, 0.1) is 0 Å². The van der Waals surface area contributed by atoms with E-state index in [4.69, 9.17) is 4.42 Å². The second kappa shape index (κ2) is 9.57. The molecule has 0 atom stereocenters. The number of furan rings is 1. The van der Waals surface area contributed by atoms with Gasteiger partial charge in [-0.05, 0) is 84.9 Å². The number of benzene rings is 2. The Labute approximate surface area is 190 Å². The monoisotopic (exact) mass is 430 g/mol. The zero-order chi connectivity index (χ0) is 22.3.